The van der Waals surface area contributed by atoms with Crippen molar-refractivity contribution < 1.29 is 0 Å². The first-order valence-corrected chi connectivity index (χ1v) is 7.36. The summed E-state index contributed by atoms with van der Waals surface area (Å²) in [6, 6.07) is 3.59. The Kier molecular flexibility index (Phi) is 3.89. The van der Waals surface area contributed by atoms with Crippen molar-refractivity contribution in [2.24, 2.45) is 7.05 Å². The predicted molar refractivity (Wildman–Crippen MR) is 84.8 cm³/mol. The minimum absolute atomic E-state index is 0.0789. The highest BCUT2D eigenvalue weighted by Gasteiger charge is 2.25. The lowest BCUT2D eigenvalue weighted by atomic mass is 10.2. The lowest BCUT2D eigenvalue weighted by Crippen LogP contribution is -2.52. The normalized spacial score (nSPS) is 19.4. The highest BCUT2D eigenvalue weighted by Crippen LogP contribution is 2.19. The monoisotopic (exact) mass is 300 g/mol. The molecule has 2 aromatic heterocycles. The van der Waals surface area contributed by atoms with Gasteiger partial charge in [0.2, 0.25) is 5.95 Å². The van der Waals surface area contributed by atoms with E-state index < -0.39 is 0 Å². The van der Waals surface area contributed by atoms with Crippen molar-refractivity contribution >= 4 is 5.95 Å². The molecule has 1 aliphatic rings. The minimum atomic E-state index is -0.0789. The molecule has 0 aromatic carbocycles. The topological polar surface area (TPSA) is 67.2 Å². The zero-order chi connectivity index (χ0) is 15.7. The molecule has 0 saturated carbocycles. The van der Waals surface area contributed by atoms with Gasteiger partial charge in [0.05, 0.1) is 11.4 Å². The number of aromatic nitrogens is 4. The Hall–Kier alpha value is -2.28. The highest BCUT2D eigenvalue weighted by molar-refractivity contribution is 5.55. The van der Waals surface area contributed by atoms with E-state index in [9.17, 15) is 4.79 Å². The van der Waals surface area contributed by atoms with Gasteiger partial charge >= 0.3 is 0 Å². The van der Waals surface area contributed by atoms with Crippen LogP contribution in [-0.2, 0) is 7.05 Å². The van der Waals surface area contributed by atoms with Gasteiger partial charge in [0.15, 0.2) is 0 Å². The first-order valence-electron chi connectivity index (χ1n) is 7.36. The molecule has 3 heterocycles. The van der Waals surface area contributed by atoms with Gasteiger partial charge in [-0.3, -0.25) is 9.36 Å². The van der Waals surface area contributed by atoms with Crippen LogP contribution in [0.1, 0.15) is 6.92 Å². The molecule has 7 heteroatoms. The van der Waals surface area contributed by atoms with Crippen LogP contribution in [0.15, 0.2) is 29.5 Å². The summed E-state index contributed by atoms with van der Waals surface area (Å²) in [4.78, 5) is 29.5. The van der Waals surface area contributed by atoms with Gasteiger partial charge in [-0.2, -0.15) is 0 Å². The summed E-state index contributed by atoms with van der Waals surface area (Å²) in [6.45, 7) is 4.91. The second-order valence-electron chi connectivity index (χ2n) is 5.74. The Bertz CT molecular complexity index is 714. The number of hydrogen-bond donors (Lipinski definition) is 0. The standard InChI is InChI=1S/C15H20N6O/c1-11-9-19(2)6-7-21(11)15-18-13(8-14(22)20(15)3)12-4-5-16-10-17-12/h4-5,8,10-11H,6-7,9H2,1-3H3/t11-/m0/s1. The van der Waals surface area contributed by atoms with Crippen molar-refractivity contribution in [3.05, 3.63) is 35.0 Å². The molecule has 0 bridgehead atoms. The molecule has 2 aromatic rings. The second-order valence-corrected chi connectivity index (χ2v) is 5.74. The van der Waals surface area contributed by atoms with E-state index in [1.807, 2.05) is 0 Å². The molecule has 1 atom stereocenters. The number of hydrogen-bond acceptors (Lipinski definition) is 6. The summed E-state index contributed by atoms with van der Waals surface area (Å²) in [5, 5.41) is 0. The van der Waals surface area contributed by atoms with Crippen molar-refractivity contribution in [2.75, 3.05) is 31.6 Å². The summed E-state index contributed by atoms with van der Waals surface area (Å²) in [6.07, 6.45) is 3.12. The Morgan fingerprint density at radius 2 is 2.05 bits per heavy atom. The van der Waals surface area contributed by atoms with E-state index in [0.29, 0.717) is 23.4 Å². The van der Waals surface area contributed by atoms with E-state index in [0.717, 1.165) is 19.6 Å². The number of anilines is 1. The van der Waals surface area contributed by atoms with E-state index in [1.54, 1.807) is 23.9 Å². The Morgan fingerprint density at radius 1 is 1.23 bits per heavy atom. The van der Waals surface area contributed by atoms with Crippen molar-refractivity contribution in [1.29, 1.82) is 0 Å². The van der Waals surface area contributed by atoms with Crippen LogP contribution in [0, 0.1) is 0 Å². The maximum Gasteiger partial charge on any atom is 0.255 e. The average Bonchev–Trinajstić information content (AvgIpc) is 2.51. The lowest BCUT2D eigenvalue weighted by molar-refractivity contribution is 0.272. The van der Waals surface area contributed by atoms with Gasteiger partial charge in [-0.1, -0.05) is 0 Å². The van der Waals surface area contributed by atoms with E-state index in [2.05, 4.69) is 38.7 Å². The molecule has 7 nitrogen and oxygen atoms in total. The molecule has 3 rings (SSSR count). The SMILES string of the molecule is C[C@H]1CN(C)CCN1c1nc(-c2ccncn2)cc(=O)n1C. The smallest absolute Gasteiger partial charge is 0.255 e. The summed E-state index contributed by atoms with van der Waals surface area (Å²) < 4.78 is 1.60. The molecule has 0 amide bonds. The lowest BCUT2D eigenvalue weighted by Gasteiger charge is -2.39. The third kappa shape index (κ3) is 2.71. The largest absolute Gasteiger partial charge is 0.337 e. The van der Waals surface area contributed by atoms with Gasteiger partial charge in [-0.25, -0.2) is 15.0 Å². The molecule has 0 N–H and O–H groups in total. The van der Waals surface area contributed by atoms with E-state index >= 15 is 0 Å². The quantitative estimate of drug-likeness (QED) is 0.799. The Labute approximate surface area is 129 Å². The van der Waals surface area contributed by atoms with Gasteiger partial charge in [-0.05, 0) is 20.0 Å². The molecular weight excluding hydrogens is 280 g/mol. The summed E-state index contributed by atoms with van der Waals surface area (Å²) in [5.74, 6) is 0.696. The summed E-state index contributed by atoms with van der Waals surface area (Å²) in [7, 11) is 3.87. The highest BCUT2D eigenvalue weighted by atomic mass is 16.1. The van der Waals surface area contributed by atoms with E-state index in [-0.39, 0.29) is 5.56 Å². The third-order valence-corrected chi connectivity index (χ3v) is 4.04. The summed E-state index contributed by atoms with van der Waals surface area (Å²) >= 11 is 0. The van der Waals surface area contributed by atoms with E-state index in [1.165, 1.54) is 12.4 Å². The van der Waals surface area contributed by atoms with Crippen molar-refractivity contribution in [3.63, 3.8) is 0 Å². The fourth-order valence-corrected chi connectivity index (χ4v) is 2.79. The first kappa shape index (κ1) is 14.6. The number of likely N-dealkylation sites (N-methyl/N-ethyl adjacent to an activating group) is 1. The van der Waals surface area contributed by atoms with Gasteiger partial charge in [0.25, 0.3) is 5.56 Å². The Morgan fingerprint density at radius 3 is 2.73 bits per heavy atom. The van der Waals surface area contributed by atoms with Crippen molar-refractivity contribution in [1.82, 2.24) is 24.4 Å². The molecule has 1 fully saturated rings. The zero-order valence-electron chi connectivity index (χ0n) is 13.1. The molecule has 116 valence electrons. The van der Waals surface area contributed by atoms with Crippen molar-refractivity contribution in [3.8, 4) is 11.4 Å². The molecule has 0 aliphatic carbocycles. The van der Waals surface area contributed by atoms with Gasteiger partial charge in [-0.15, -0.1) is 0 Å². The van der Waals surface area contributed by atoms with Gasteiger partial charge in [0, 0.05) is 45.0 Å². The molecule has 22 heavy (non-hydrogen) atoms. The third-order valence-electron chi connectivity index (χ3n) is 4.04. The van der Waals surface area contributed by atoms with Crippen LogP contribution in [0.25, 0.3) is 11.4 Å². The van der Waals surface area contributed by atoms with Crippen LogP contribution in [0.4, 0.5) is 5.95 Å². The fourth-order valence-electron chi connectivity index (χ4n) is 2.79. The van der Waals surface area contributed by atoms with Crippen molar-refractivity contribution in [2.45, 2.75) is 13.0 Å². The fraction of sp³-hybridized carbons (Fsp3) is 0.467. The van der Waals surface area contributed by atoms with E-state index in [4.69, 9.17) is 0 Å². The average molecular weight is 300 g/mol. The van der Waals surface area contributed by atoms with Crippen LogP contribution in [0.2, 0.25) is 0 Å². The number of rotatable bonds is 2. The molecule has 0 radical (unpaired) electrons. The first-order chi connectivity index (χ1) is 10.6. The Balaban J connectivity index is 2.04. The molecular formula is C15H20N6O. The zero-order valence-corrected chi connectivity index (χ0v) is 13.1. The van der Waals surface area contributed by atoms with Crippen LogP contribution < -0.4 is 10.5 Å². The summed E-state index contributed by atoms with van der Waals surface area (Å²) in [5.41, 5.74) is 1.17. The maximum atomic E-state index is 12.3. The molecule has 0 spiro atoms. The molecule has 1 aliphatic heterocycles. The van der Waals surface area contributed by atoms with Crippen LogP contribution >= 0.6 is 0 Å². The molecule has 0 unspecified atom stereocenters. The number of piperazine rings is 1. The van der Waals surface area contributed by atoms with Crippen LogP contribution in [0.5, 0.6) is 0 Å². The van der Waals surface area contributed by atoms with Gasteiger partial charge in [0.1, 0.15) is 6.33 Å². The van der Waals surface area contributed by atoms with Gasteiger partial charge < -0.3 is 9.80 Å². The van der Waals surface area contributed by atoms with Crippen LogP contribution in [-0.4, -0.2) is 57.1 Å². The molecule has 1 saturated heterocycles. The minimum Gasteiger partial charge on any atom is -0.337 e. The van der Waals surface area contributed by atoms with Crippen LogP contribution in [0.3, 0.4) is 0 Å². The predicted octanol–water partition coefficient (Wildman–Crippen LogP) is 0.378. The second kappa shape index (κ2) is 5.84. The number of nitrogens with zero attached hydrogens (tertiary/aromatic N) is 6. The maximum absolute atomic E-state index is 12.3.